The van der Waals surface area contributed by atoms with Gasteiger partial charge in [0.05, 0.1) is 28.7 Å². The van der Waals surface area contributed by atoms with E-state index >= 15 is 0 Å². The van der Waals surface area contributed by atoms with E-state index < -0.39 is 6.09 Å². The molecule has 2 N–H and O–H groups in total. The summed E-state index contributed by atoms with van der Waals surface area (Å²) in [7, 11) is 0. The van der Waals surface area contributed by atoms with Crippen LogP contribution in [0.4, 0.5) is 10.6 Å². The molecule has 31 heavy (non-hydrogen) atoms. The van der Waals surface area contributed by atoms with Crippen molar-refractivity contribution < 1.29 is 14.6 Å². The molecule has 1 saturated heterocycles. The topological polar surface area (TPSA) is 107 Å². The molecule has 6 rings (SSSR count). The first-order valence-electron chi connectivity index (χ1n) is 10.2. The van der Waals surface area contributed by atoms with Gasteiger partial charge in [0.2, 0.25) is 0 Å². The van der Waals surface area contributed by atoms with Crippen LogP contribution in [0.25, 0.3) is 32.9 Å². The number of H-pyrrole nitrogens is 1. The van der Waals surface area contributed by atoms with Gasteiger partial charge in [0.15, 0.2) is 0 Å². The molecule has 0 unspecified atom stereocenters. The predicted octanol–water partition coefficient (Wildman–Crippen LogP) is 3.04. The Balaban J connectivity index is 1.52. The summed E-state index contributed by atoms with van der Waals surface area (Å²) in [5.41, 5.74) is 5.01. The van der Waals surface area contributed by atoms with Crippen LogP contribution < -0.4 is 9.64 Å². The number of aryl methyl sites for hydroxylation is 1. The second-order valence-electron chi connectivity index (χ2n) is 8.04. The fraction of sp³-hybridized carbons (Fsp3) is 0.273. The molecule has 1 fully saturated rings. The smallest absolute Gasteiger partial charge is 0.407 e. The zero-order chi connectivity index (χ0) is 21.1. The zero-order valence-electron chi connectivity index (χ0n) is 16.9. The quantitative estimate of drug-likeness (QED) is 0.491. The Labute approximate surface area is 177 Å². The molecule has 9 nitrogen and oxygen atoms in total. The number of carbonyl (C=O) groups is 1. The Bertz CT molecular complexity index is 1350. The van der Waals surface area contributed by atoms with E-state index in [1.807, 2.05) is 18.3 Å². The molecule has 156 valence electrons. The van der Waals surface area contributed by atoms with Gasteiger partial charge in [-0.3, -0.25) is 5.10 Å². The lowest BCUT2D eigenvalue weighted by molar-refractivity contribution is 0.127. The number of anilines is 1. The Hall–Kier alpha value is -3.88. The Morgan fingerprint density at radius 2 is 2.16 bits per heavy atom. The van der Waals surface area contributed by atoms with Gasteiger partial charge in [0.1, 0.15) is 24.5 Å². The van der Waals surface area contributed by atoms with Crippen LogP contribution in [0.15, 0.2) is 36.8 Å². The number of aromatic nitrogens is 4. The van der Waals surface area contributed by atoms with E-state index in [-0.39, 0.29) is 6.04 Å². The fourth-order valence-corrected chi connectivity index (χ4v) is 4.76. The molecular formula is C22H20N6O3. The van der Waals surface area contributed by atoms with Crippen molar-refractivity contribution in [1.29, 1.82) is 0 Å². The number of nitrogens with one attached hydrogen (secondary N) is 1. The minimum atomic E-state index is -0.903. The average Bonchev–Trinajstić information content (AvgIpc) is 3.19. The Kier molecular flexibility index (Phi) is 3.80. The summed E-state index contributed by atoms with van der Waals surface area (Å²) in [6.07, 6.45) is 2.51. The molecule has 2 aliphatic rings. The molecule has 9 heteroatoms. The number of piperazine rings is 1. The first-order valence-corrected chi connectivity index (χ1v) is 10.2. The van der Waals surface area contributed by atoms with Crippen LogP contribution >= 0.6 is 0 Å². The van der Waals surface area contributed by atoms with Gasteiger partial charge in [-0.05, 0) is 41.8 Å². The van der Waals surface area contributed by atoms with Crippen LogP contribution in [0.5, 0.6) is 5.75 Å². The van der Waals surface area contributed by atoms with Gasteiger partial charge in [-0.25, -0.2) is 14.8 Å². The van der Waals surface area contributed by atoms with Crippen molar-refractivity contribution in [3.8, 4) is 16.9 Å². The van der Waals surface area contributed by atoms with Crippen molar-refractivity contribution in [3.05, 3.63) is 42.4 Å². The molecule has 0 aliphatic carbocycles. The summed E-state index contributed by atoms with van der Waals surface area (Å²) in [4.78, 5) is 24.2. The van der Waals surface area contributed by atoms with Crippen molar-refractivity contribution >= 4 is 33.7 Å². The number of hydrogen-bond donors (Lipinski definition) is 2. The van der Waals surface area contributed by atoms with E-state index in [1.54, 1.807) is 6.33 Å². The highest BCUT2D eigenvalue weighted by Gasteiger charge is 2.34. The second kappa shape index (κ2) is 6.56. The minimum absolute atomic E-state index is 0.0992. The molecule has 0 spiro atoms. The molecule has 0 saturated carbocycles. The van der Waals surface area contributed by atoms with Crippen LogP contribution in [0, 0.1) is 6.92 Å². The number of fused-ring (bicyclic) bond motifs is 3. The maximum atomic E-state index is 11.5. The summed E-state index contributed by atoms with van der Waals surface area (Å²) < 4.78 is 6.25. The molecule has 0 bridgehead atoms. The van der Waals surface area contributed by atoms with Crippen LogP contribution in [-0.4, -0.2) is 68.5 Å². The van der Waals surface area contributed by atoms with Gasteiger partial charge in [-0.2, -0.15) is 5.10 Å². The van der Waals surface area contributed by atoms with Crippen molar-refractivity contribution in [2.45, 2.75) is 13.0 Å². The first kappa shape index (κ1) is 17.9. The van der Waals surface area contributed by atoms with Crippen molar-refractivity contribution in [2.24, 2.45) is 0 Å². The summed E-state index contributed by atoms with van der Waals surface area (Å²) in [5.74, 6) is 1.52. The standard InChI is InChI=1S/C22H20N6O3/c1-12-2-3-16-15(8-25-26-16)19(12)13-6-17-20-18(7-13)31-10-14-9-27(22(29)30)4-5-28(14)21(20)24-11-23-17/h2-3,6-8,11,14H,4-5,9-10H2,1H3,(H,25,26)(H,29,30)/t14-/m0/s1. The summed E-state index contributed by atoms with van der Waals surface area (Å²) in [6.45, 7) is 3.85. The van der Waals surface area contributed by atoms with E-state index in [2.05, 4.69) is 44.1 Å². The molecule has 1 atom stereocenters. The third-order valence-electron chi connectivity index (χ3n) is 6.26. The summed E-state index contributed by atoms with van der Waals surface area (Å²) in [5, 5.41) is 18.6. The van der Waals surface area contributed by atoms with Gasteiger partial charge >= 0.3 is 6.09 Å². The van der Waals surface area contributed by atoms with Gasteiger partial charge < -0.3 is 19.6 Å². The molecule has 2 aromatic carbocycles. The summed E-state index contributed by atoms with van der Waals surface area (Å²) in [6, 6.07) is 8.11. The van der Waals surface area contributed by atoms with E-state index in [1.165, 1.54) is 4.90 Å². The average molecular weight is 416 g/mol. The Morgan fingerprint density at radius 1 is 1.26 bits per heavy atom. The number of ether oxygens (including phenoxy) is 1. The zero-order valence-corrected chi connectivity index (χ0v) is 16.9. The second-order valence-corrected chi connectivity index (χ2v) is 8.04. The lowest BCUT2D eigenvalue weighted by Gasteiger charge is -2.39. The largest absolute Gasteiger partial charge is 0.490 e. The number of carboxylic acid groups (broad SMARTS) is 1. The van der Waals surface area contributed by atoms with Crippen LogP contribution in [0.3, 0.4) is 0 Å². The monoisotopic (exact) mass is 416 g/mol. The van der Waals surface area contributed by atoms with Crippen LogP contribution in [0.1, 0.15) is 5.56 Å². The third kappa shape index (κ3) is 2.69. The van der Waals surface area contributed by atoms with E-state index in [9.17, 15) is 9.90 Å². The van der Waals surface area contributed by atoms with E-state index in [0.717, 1.165) is 50.1 Å². The van der Waals surface area contributed by atoms with Gasteiger partial charge in [-0.1, -0.05) is 6.07 Å². The van der Waals surface area contributed by atoms with E-state index in [0.29, 0.717) is 26.2 Å². The molecule has 2 aliphatic heterocycles. The predicted molar refractivity (Wildman–Crippen MR) is 116 cm³/mol. The number of rotatable bonds is 1. The van der Waals surface area contributed by atoms with Gasteiger partial charge in [-0.15, -0.1) is 0 Å². The Morgan fingerprint density at radius 3 is 3.03 bits per heavy atom. The van der Waals surface area contributed by atoms with Crippen molar-refractivity contribution in [2.75, 3.05) is 31.1 Å². The number of aromatic amines is 1. The highest BCUT2D eigenvalue weighted by molar-refractivity contribution is 6.02. The number of nitrogens with zero attached hydrogens (tertiary/aromatic N) is 5. The van der Waals surface area contributed by atoms with Crippen molar-refractivity contribution in [3.63, 3.8) is 0 Å². The van der Waals surface area contributed by atoms with E-state index in [4.69, 9.17) is 4.74 Å². The lowest BCUT2D eigenvalue weighted by Crippen LogP contribution is -2.56. The van der Waals surface area contributed by atoms with Crippen LogP contribution in [0.2, 0.25) is 0 Å². The van der Waals surface area contributed by atoms with Gasteiger partial charge in [0, 0.05) is 25.0 Å². The molecule has 4 heterocycles. The van der Waals surface area contributed by atoms with Gasteiger partial charge in [0.25, 0.3) is 0 Å². The molecule has 0 radical (unpaired) electrons. The third-order valence-corrected chi connectivity index (χ3v) is 6.26. The number of hydrogen-bond acceptors (Lipinski definition) is 6. The normalized spacial score (nSPS) is 18.0. The lowest BCUT2D eigenvalue weighted by atomic mass is 9.95. The number of benzene rings is 2. The highest BCUT2D eigenvalue weighted by atomic mass is 16.5. The maximum Gasteiger partial charge on any atom is 0.407 e. The molecule has 2 aromatic heterocycles. The molecule has 4 aromatic rings. The summed E-state index contributed by atoms with van der Waals surface area (Å²) >= 11 is 0. The first-order chi connectivity index (χ1) is 15.1. The van der Waals surface area contributed by atoms with Crippen molar-refractivity contribution in [1.82, 2.24) is 25.1 Å². The highest BCUT2D eigenvalue weighted by Crippen LogP contribution is 2.41. The maximum absolute atomic E-state index is 11.5. The minimum Gasteiger partial charge on any atom is -0.490 e. The molecule has 1 amide bonds. The number of amides is 1. The SMILES string of the molecule is Cc1ccc2[nH]ncc2c1-c1cc2c3c(ncnc3c1)N1CCN(C(=O)O)C[C@H]1CO2. The van der Waals surface area contributed by atoms with Crippen LogP contribution in [-0.2, 0) is 0 Å². The molecular weight excluding hydrogens is 396 g/mol. The fourth-order valence-electron chi connectivity index (χ4n) is 4.76.